The first-order valence-corrected chi connectivity index (χ1v) is 6.48. The molecule has 0 aromatic heterocycles. The minimum Gasteiger partial charge on any atom is -0.369 e. The lowest BCUT2D eigenvalue weighted by Crippen LogP contribution is -2.53. The van der Waals surface area contributed by atoms with Gasteiger partial charge in [0, 0.05) is 44.0 Å². The molecule has 0 amide bonds. The number of hydrogen-bond donors (Lipinski definition) is 1. The molecule has 1 fully saturated rings. The van der Waals surface area contributed by atoms with E-state index in [0.29, 0.717) is 6.04 Å². The summed E-state index contributed by atoms with van der Waals surface area (Å²) in [5, 5.41) is 0. The lowest BCUT2D eigenvalue weighted by atomic mass is 10.1. The van der Waals surface area contributed by atoms with Gasteiger partial charge in [-0.2, -0.15) is 0 Å². The maximum atomic E-state index is 5.96. The number of anilines is 1. The summed E-state index contributed by atoms with van der Waals surface area (Å²) in [5.74, 6) is 0. The Balaban J connectivity index is 1.90. The Labute approximate surface area is 104 Å². The quantitative estimate of drug-likeness (QED) is 0.859. The molecule has 17 heavy (non-hydrogen) atoms. The SMILES string of the molecule is C[C@@H](N)[C@H](C)N1CCN(c2ccccc2)CC1. The summed E-state index contributed by atoms with van der Waals surface area (Å²) in [6.07, 6.45) is 0. The van der Waals surface area contributed by atoms with E-state index in [4.69, 9.17) is 5.73 Å². The number of nitrogens with two attached hydrogens (primary N) is 1. The minimum absolute atomic E-state index is 0.248. The fourth-order valence-electron chi connectivity index (χ4n) is 2.36. The largest absolute Gasteiger partial charge is 0.369 e. The maximum Gasteiger partial charge on any atom is 0.0367 e. The van der Waals surface area contributed by atoms with Gasteiger partial charge in [-0.05, 0) is 26.0 Å². The van der Waals surface area contributed by atoms with Crippen LogP contribution in [0.25, 0.3) is 0 Å². The average molecular weight is 233 g/mol. The first-order valence-electron chi connectivity index (χ1n) is 6.48. The van der Waals surface area contributed by atoms with Crippen molar-refractivity contribution in [2.75, 3.05) is 31.1 Å². The van der Waals surface area contributed by atoms with E-state index in [-0.39, 0.29) is 6.04 Å². The first kappa shape index (κ1) is 12.4. The number of benzene rings is 1. The molecule has 1 heterocycles. The van der Waals surface area contributed by atoms with Crippen molar-refractivity contribution in [1.82, 2.24) is 4.90 Å². The summed E-state index contributed by atoms with van der Waals surface area (Å²) in [4.78, 5) is 4.94. The van der Waals surface area contributed by atoms with Crippen LogP contribution < -0.4 is 10.6 Å². The van der Waals surface area contributed by atoms with Crippen LogP contribution in [0.3, 0.4) is 0 Å². The normalized spacial score (nSPS) is 21.2. The van der Waals surface area contributed by atoms with Gasteiger partial charge in [-0.1, -0.05) is 18.2 Å². The smallest absolute Gasteiger partial charge is 0.0367 e. The van der Waals surface area contributed by atoms with E-state index in [9.17, 15) is 0 Å². The number of rotatable bonds is 3. The molecule has 0 bridgehead atoms. The van der Waals surface area contributed by atoms with Crippen molar-refractivity contribution < 1.29 is 0 Å². The number of piperazine rings is 1. The highest BCUT2D eigenvalue weighted by atomic mass is 15.3. The van der Waals surface area contributed by atoms with Gasteiger partial charge in [0.15, 0.2) is 0 Å². The molecule has 0 radical (unpaired) electrons. The van der Waals surface area contributed by atoms with Crippen molar-refractivity contribution in [1.29, 1.82) is 0 Å². The molecule has 1 aromatic carbocycles. The van der Waals surface area contributed by atoms with Crippen LogP contribution in [0.5, 0.6) is 0 Å². The second-order valence-corrected chi connectivity index (χ2v) is 4.96. The van der Waals surface area contributed by atoms with E-state index < -0.39 is 0 Å². The molecule has 2 N–H and O–H groups in total. The van der Waals surface area contributed by atoms with Crippen molar-refractivity contribution in [3.8, 4) is 0 Å². The van der Waals surface area contributed by atoms with Gasteiger partial charge >= 0.3 is 0 Å². The van der Waals surface area contributed by atoms with E-state index in [1.54, 1.807) is 0 Å². The van der Waals surface area contributed by atoms with Gasteiger partial charge in [-0.3, -0.25) is 4.90 Å². The van der Waals surface area contributed by atoms with E-state index in [0.717, 1.165) is 26.2 Å². The number of nitrogens with zero attached hydrogens (tertiary/aromatic N) is 2. The van der Waals surface area contributed by atoms with Gasteiger partial charge in [0.2, 0.25) is 0 Å². The van der Waals surface area contributed by atoms with E-state index in [1.807, 2.05) is 0 Å². The van der Waals surface area contributed by atoms with Crippen molar-refractivity contribution in [3.63, 3.8) is 0 Å². The zero-order valence-corrected chi connectivity index (χ0v) is 10.8. The second-order valence-electron chi connectivity index (χ2n) is 4.96. The molecule has 1 aliphatic rings. The molecule has 1 aliphatic heterocycles. The Kier molecular flexibility index (Phi) is 4.02. The van der Waals surface area contributed by atoms with Crippen LogP contribution in [-0.4, -0.2) is 43.2 Å². The molecule has 0 saturated carbocycles. The highest BCUT2D eigenvalue weighted by molar-refractivity contribution is 5.46. The van der Waals surface area contributed by atoms with Gasteiger partial charge < -0.3 is 10.6 Å². The lowest BCUT2D eigenvalue weighted by molar-refractivity contribution is 0.178. The van der Waals surface area contributed by atoms with Gasteiger partial charge in [-0.15, -0.1) is 0 Å². The number of para-hydroxylation sites is 1. The third kappa shape index (κ3) is 2.99. The predicted molar refractivity (Wildman–Crippen MR) is 73.3 cm³/mol. The van der Waals surface area contributed by atoms with Crippen LogP contribution in [0.1, 0.15) is 13.8 Å². The fraction of sp³-hybridized carbons (Fsp3) is 0.571. The van der Waals surface area contributed by atoms with Crippen LogP contribution in [-0.2, 0) is 0 Å². The van der Waals surface area contributed by atoms with Crippen molar-refractivity contribution >= 4 is 5.69 Å². The third-order valence-electron chi connectivity index (χ3n) is 3.77. The lowest BCUT2D eigenvalue weighted by Gasteiger charge is -2.40. The van der Waals surface area contributed by atoms with Gasteiger partial charge in [0.25, 0.3) is 0 Å². The topological polar surface area (TPSA) is 32.5 Å². The summed E-state index contributed by atoms with van der Waals surface area (Å²) in [5.41, 5.74) is 7.29. The minimum atomic E-state index is 0.248. The standard InChI is InChI=1S/C14H23N3/c1-12(15)13(2)16-8-10-17(11-9-16)14-6-4-3-5-7-14/h3-7,12-13H,8-11,15H2,1-2H3/t12-,13+/m1/s1. The Bertz CT molecular complexity index is 329. The molecule has 3 nitrogen and oxygen atoms in total. The first-order chi connectivity index (χ1) is 8.18. The highest BCUT2D eigenvalue weighted by Crippen LogP contribution is 2.16. The summed E-state index contributed by atoms with van der Waals surface area (Å²) >= 11 is 0. The highest BCUT2D eigenvalue weighted by Gasteiger charge is 2.22. The summed E-state index contributed by atoms with van der Waals surface area (Å²) in [6, 6.07) is 11.4. The molecule has 0 aliphatic carbocycles. The molecule has 0 unspecified atom stereocenters. The summed E-state index contributed by atoms with van der Waals surface area (Å²) in [7, 11) is 0. The van der Waals surface area contributed by atoms with Gasteiger partial charge in [-0.25, -0.2) is 0 Å². The Morgan fingerprint density at radius 1 is 1.00 bits per heavy atom. The third-order valence-corrected chi connectivity index (χ3v) is 3.77. The van der Waals surface area contributed by atoms with Crippen LogP contribution in [0.4, 0.5) is 5.69 Å². The molecular formula is C14H23N3. The molecule has 1 aromatic rings. The van der Waals surface area contributed by atoms with Gasteiger partial charge in [0.05, 0.1) is 0 Å². The van der Waals surface area contributed by atoms with Crippen molar-refractivity contribution in [2.45, 2.75) is 25.9 Å². The van der Waals surface area contributed by atoms with E-state index in [2.05, 4.69) is 54.0 Å². The fourth-order valence-corrected chi connectivity index (χ4v) is 2.36. The van der Waals surface area contributed by atoms with E-state index in [1.165, 1.54) is 5.69 Å². The average Bonchev–Trinajstić information content (AvgIpc) is 2.39. The Hall–Kier alpha value is -1.06. The molecular weight excluding hydrogens is 210 g/mol. The molecule has 94 valence electrons. The molecule has 2 atom stereocenters. The van der Waals surface area contributed by atoms with Crippen LogP contribution in [0.15, 0.2) is 30.3 Å². The zero-order chi connectivity index (χ0) is 12.3. The zero-order valence-electron chi connectivity index (χ0n) is 10.8. The summed E-state index contributed by atoms with van der Waals surface area (Å²) < 4.78 is 0. The van der Waals surface area contributed by atoms with Crippen LogP contribution >= 0.6 is 0 Å². The van der Waals surface area contributed by atoms with Crippen molar-refractivity contribution in [2.24, 2.45) is 5.73 Å². The predicted octanol–water partition coefficient (Wildman–Crippen LogP) is 1.54. The molecule has 0 spiro atoms. The summed E-state index contributed by atoms with van der Waals surface area (Å²) in [6.45, 7) is 8.73. The molecule has 1 saturated heterocycles. The maximum absolute atomic E-state index is 5.96. The molecule has 3 heteroatoms. The van der Waals surface area contributed by atoms with Crippen LogP contribution in [0, 0.1) is 0 Å². The van der Waals surface area contributed by atoms with Crippen molar-refractivity contribution in [3.05, 3.63) is 30.3 Å². The second kappa shape index (κ2) is 5.52. The van der Waals surface area contributed by atoms with Gasteiger partial charge in [0.1, 0.15) is 0 Å². The van der Waals surface area contributed by atoms with Crippen LogP contribution in [0.2, 0.25) is 0 Å². The Morgan fingerprint density at radius 3 is 2.12 bits per heavy atom. The monoisotopic (exact) mass is 233 g/mol. The van der Waals surface area contributed by atoms with E-state index >= 15 is 0 Å². The Morgan fingerprint density at radius 2 is 1.59 bits per heavy atom. The number of hydrogen-bond acceptors (Lipinski definition) is 3. The molecule has 2 rings (SSSR count).